The van der Waals surface area contributed by atoms with E-state index in [0.29, 0.717) is 11.1 Å². The fourth-order valence-corrected chi connectivity index (χ4v) is 4.55. The second-order valence-electron chi connectivity index (χ2n) is 7.95. The number of nitrogens with one attached hydrogen (secondary N) is 1. The van der Waals surface area contributed by atoms with Gasteiger partial charge in [0, 0.05) is 52.6 Å². The third-order valence-electron chi connectivity index (χ3n) is 5.76. The van der Waals surface area contributed by atoms with Crippen molar-refractivity contribution in [3.63, 3.8) is 0 Å². The molecule has 5 rings (SSSR count). The van der Waals surface area contributed by atoms with Gasteiger partial charge in [0.15, 0.2) is 0 Å². The van der Waals surface area contributed by atoms with Gasteiger partial charge in [0.1, 0.15) is 0 Å². The molecule has 6 nitrogen and oxygen atoms in total. The van der Waals surface area contributed by atoms with E-state index < -0.39 is 0 Å². The van der Waals surface area contributed by atoms with Crippen molar-refractivity contribution in [2.75, 3.05) is 0 Å². The fraction of sp³-hybridized carbons (Fsp3) is 0.160. The standard InChI is InChI=1S/C25H21BrN4O2/c1-16-3-5-17(6-4-16)22-23(25(32)28-24(22)31)20-14-30(11-2-10-29-12-9-27-15-29)21-13-18(26)7-8-19(20)21/h3-9,12-15H,2,10-11H2,1H3,(H,28,31,32). The van der Waals surface area contributed by atoms with Gasteiger partial charge in [-0.3, -0.25) is 14.9 Å². The number of carbonyl (C=O) groups is 2. The van der Waals surface area contributed by atoms with Crippen LogP contribution in [-0.2, 0) is 22.7 Å². The molecular formula is C25H21BrN4O2. The van der Waals surface area contributed by atoms with Gasteiger partial charge in [0.25, 0.3) is 11.8 Å². The molecule has 0 saturated carbocycles. The number of rotatable bonds is 6. The molecule has 0 fully saturated rings. The summed E-state index contributed by atoms with van der Waals surface area (Å²) < 4.78 is 5.16. The molecule has 2 aromatic carbocycles. The number of nitrogens with zero attached hydrogens (tertiary/aromatic N) is 3. The highest BCUT2D eigenvalue weighted by Gasteiger charge is 2.33. The van der Waals surface area contributed by atoms with E-state index in [1.807, 2.05) is 66.6 Å². The predicted octanol–water partition coefficient (Wildman–Crippen LogP) is 4.57. The number of imidazole rings is 1. The molecule has 2 amide bonds. The first-order valence-electron chi connectivity index (χ1n) is 10.4. The van der Waals surface area contributed by atoms with Crippen LogP contribution in [0.4, 0.5) is 0 Å². The summed E-state index contributed by atoms with van der Waals surface area (Å²) in [4.78, 5) is 29.7. The summed E-state index contributed by atoms with van der Waals surface area (Å²) in [5.41, 5.74) is 4.49. The van der Waals surface area contributed by atoms with Crippen molar-refractivity contribution in [1.29, 1.82) is 0 Å². The molecule has 0 aliphatic carbocycles. The monoisotopic (exact) mass is 488 g/mol. The first-order chi connectivity index (χ1) is 15.5. The van der Waals surface area contributed by atoms with E-state index in [1.54, 1.807) is 6.20 Å². The van der Waals surface area contributed by atoms with Crippen molar-refractivity contribution in [1.82, 2.24) is 19.4 Å². The summed E-state index contributed by atoms with van der Waals surface area (Å²) in [5, 5.41) is 3.44. The van der Waals surface area contributed by atoms with Crippen LogP contribution in [0, 0.1) is 6.92 Å². The second kappa shape index (κ2) is 8.24. The number of amides is 2. The third kappa shape index (κ3) is 3.69. The van der Waals surface area contributed by atoms with Gasteiger partial charge in [-0.1, -0.05) is 51.8 Å². The number of halogens is 1. The van der Waals surface area contributed by atoms with Crippen LogP contribution >= 0.6 is 15.9 Å². The number of fused-ring (bicyclic) bond motifs is 1. The van der Waals surface area contributed by atoms with Gasteiger partial charge < -0.3 is 9.13 Å². The van der Waals surface area contributed by atoms with E-state index in [1.165, 1.54) is 0 Å². The van der Waals surface area contributed by atoms with Crippen LogP contribution in [-0.4, -0.2) is 25.9 Å². The highest BCUT2D eigenvalue weighted by molar-refractivity contribution is 9.10. The molecule has 0 bridgehead atoms. The van der Waals surface area contributed by atoms with Crippen LogP contribution in [0.3, 0.4) is 0 Å². The zero-order valence-corrected chi connectivity index (χ0v) is 19.1. The molecule has 0 atom stereocenters. The second-order valence-corrected chi connectivity index (χ2v) is 8.87. The van der Waals surface area contributed by atoms with E-state index in [9.17, 15) is 9.59 Å². The van der Waals surface area contributed by atoms with Crippen LogP contribution < -0.4 is 5.32 Å². The van der Waals surface area contributed by atoms with Gasteiger partial charge in [-0.25, -0.2) is 4.98 Å². The van der Waals surface area contributed by atoms with Crippen LogP contribution in [0.15, 0.2) is 71.9 Å². The summed E-state index contributed by atoms with van der Waals surface area (Å²) in [6.45, 7) is 3.61. The zero-order chi connectivity index (χ0) is 22.2. The molecule has 7 heteroatoms. The molecule has 0 unspecified atom stereocenters. The van der Waals surface area contributed by atoms with Crippen molar-refractivity contribution < 1.29 is 9.59 Å². The molecule has 2 aromatic heterocycles. The largest absolute Gasteiger partial charge is 0.347 e. The number of hydrogen-bond acceptors (Lipinski definition) is 3. The van der Waals surface area contributed by atoms with Crippen LogP contribution in [0.5, 0.6) is 0 Å². The molecule has 1 aliphatic rings. The lowest BCUT2D eigenvalue weighted by Crippen LogP contribution is -2.22. The van der Waals surface area contributed by atoms with Gasteiger partial charge in [-0.05, 0) is 31.0 Å². The molecule has 0 spiro atoms. The highest BCUT2D eigenvalue weighted by atomic mass is 79.9. The molecule has 160 valence electrons. The predicted molar refractivity (Wildman–Crippen MR) is 128 cm³/mol. The topological polar surface area (TPSA) is 68.9 Å². The molecular weight excluding hydrogens is 468 g/mol. The first-order valence-corrected chi connectivity index (χ1v) is 11.2. The Kier molecular flexibility index (Phi) is 5.27. The molecule has 4 aromatic rings. The van der Waals surface area contributed by atoms with Crippen molar-refractivity contribution >= 4 is 49.8 Å². The number of hydrogen-bond donors (Lipinski definition) is 1. The SMILES string of the molecule is Cc1ccc(C2=C(c3cn(CCCn4ccnc4)c4cc(Br)ccc34)C(=O)NC2=O)cc1. The number of carbonyl (C=O) groups excluding carboxylic acids is 2. The maximum atomic E-state index is 12.9. The normalized spacial score (nSPS) is 13.9. The number of aromatic nitrogens is 3. The summed E-state index contributed by atoms with van der Waals surface area (Å²) in [6.07, 6.45) is 8.43. The van der Waals surface area contributed by atoms with E-state index in [2.05, 4.69) is 36.9 Å². The Morgan fingerprint density at radius 2 is 1.78 bits per heavy atom. The fourth-order valence-electron chi connectivity index (χ4n) is 4.20. The maximum absolute atomic E-state index is 12.9. The van der Waals surface area contributed by atoms with Crippen molar-refractivity contribution in [3.8, 4) is 0 Å². The maximum Gasteiger partial charge on any atom is 0.259 e. The molecule has 0 saturated heterocycles. The van der Waals surface area contributed by atoms with Gasteiger partial charge in [0.2, 0.25) is 0 Å². The van der Waals surface area contributed by atoms with Crippen molar-refractivity contribution in [3.05, 3.63) is 88.5 Å². The smallest absolute Gasteiger partial charge is 0.259 e. The van der Waals surface area contributed by atoms with Gasteiger partial charge >= 0.3 is 0 Å². The zero-order valence-electron chi connectivity index (χ0n) is 17.5. The average molecular weight is 489 g/mol. The molecule has 1 aliphatic heterocycles. The van der Waals surface area contributed by atoms with Gasteiger partial charge in [-0.15, -0.1) is 0 Å². The lowest BCUT2D eigenvalue weighted by molar-refractivity contribution is -0.122. The van der Waals surface area contributed by atoms with Crippen LogP contribution in [0.2, 0.25) is 0 Å². The van der Waals surface area contributed by atoms with Gasteiger partial charge in [0.05, 0.1) is 17.5 Å². The first kappa shape index (κ1) is 20.5. The Balaban J connectivity index is 1.61. The molecule has 32 heavy (non-hydrogen) atoms. The summed E-state index contributed by atoms with van der Waals surface area (Å²) >= 11 is 3.56. The average Bonchev–Trinajstić information content (AvgIpc) is 3.47. The Bertz CT molecular complexity index is 1370. The number of imide groups is 1. The summed E-state index contributed by atoms with van der Waals surface area (Å²) in [7, 11) is 0. The van der Waals surface area contributed by atoms with Crippen molar-refractivity contribution in [2.24, 2.45) is 0 Å². The van der Waals surface area contributed by atoms with Crippen LogP contribution in [0.25, 0.3) is 22.0 Å². The minimum atomic E-state index is -0.356. The lowest BCUT2D eigenvalue weighted by Gasteiger charge is -2.06. The Morgan fingerprint density at radius 1 is 1.00 bits per heavy atom. The Hall–Kier alpha value is -3.45. The number of benzene rings is 2. The van der Waals surface area contributed by atoms with E-state index in [4.69, 9.17) is 0 Å². The van der Waals surface area contributed by atoms with E-state index in [-0.39, 0.29) is 11.8 Å². The van der Waals surface area contributed by atoms with E-state index in [0.717, 1.165) is 51.6 Å². The molecule has 3 heterocycles. The molecule has 1 N–H and O–H groups in total. The summed E-state index contributed by atoms with van der Waals surface area (Å²) in [5.74, 6) is -0.710. The molecule has 0 radical (unpaired) electrons. The summed E-state index contributed by atoms with van der Waals surface area (Å²) in [6, 6.07) is 13.7. The Morgan fingerprint density at radius 3 is 2.53 bits per heavy atom. The lowest BCUT2D eigenvalue weighted by atomic mass is 9.95. The highest BCUT2D eigenvalue weighted by Crippen LogP contribution is 2.37. The third-order valence-corrected chi connectivity index (χ3v) is 6.25. The van der Waals surface area contributed by atoms with Crippen LogP contribution in [0.1, 0.15) is 23.1 Å². The minimum Gasteiger partial charge on any atom is -0.347 e. The van der Waals surface area contributed by atoms with Gasteiger partial charge in [-0.2, -0.15) is 0 Å². The quantitative estimate of drug-likeness (QED) is 0.404. The minimum absolute atomic E-state index is 0.355. The van der Waals surface area contributed by atoms with E-state index >= 15 is 0 Å². The number of aryl methyl sites for hydroxylation is 3. The Labute approximate surface area is 193 Å². The van der Waals surface area contributed by atoms with Crippen molar-refractivity contribution in [2.45, 2.75) is 26.4 Å².